The van der Waals surface area contributed by atoms with Gasteiger partial charge in [-0.25, -0.2) is 4.89 Å². The first-order chi connectivity index (χ1) is 8.33. The number of rotatable bonds is 0. The van der Waals surface area contributed by atoms with Crippen LogP contribution in [0.1, 0.15) is 46.0 Å². The van der Waals surface area contributed by atoms with E-state index in [1.54, 1.807) is 6.08 Å². The average molecular weight is 250 g/mol. The molecule has 1 unspecified atom stereocenters. The third kappa shape index (κ3) is 1.14. The minimum absolute atomic E-state index is 0.0823. The normalized spacial score (nSPS) is 41.5. The van der Waals surface area contributed by atoms with Crippen LogP contribution in [0.4, 0.5) is 0 Å². The van der Waals surface area contributed by atoms with Gasteiger partial charge in [0.05, 0.1) is 5.57 Å². The van der Waals surface area contributed by atoms with E-state index in [-0.39, 0.29) is 16.6 Å². The van der Waals surface area contributed by atoms with Crippen LogP contribution in [-0.2, 0) is 14.6 Å². The highest BCUT2D eigenvalue weighted by Gasteiger charge is 2.74. The number of hydrogen-bond donors (Lipinski definition) is 1. The minimum Gasteiger partial charge on any atom is -0.359 e. The summed E-state index contributed by atoms with van der Waals surface area (Å²) in [5.41, 5.74) is -0.675. The van der Waals surface area contributed by atoms with E-state index in [9.17, 15) is 9.90 Å². The van der Waals surface area contributed by atoms with Crippen LogP contribution in [0, 0.1) is 10.8 Å². The lowest BCUT2D eigenvalue weighted by Crippen LogP contribution is -2.57. The second kappa shape index (κ2) is 2.74. The van der Waals surface area contributed by atoms with Crippen LogP contribution in [-0.4, -0.2) is 22.3 Å². The fourth-order valence-electron chi connectivity index (χ4n) is 3.63. The summed E-state index contributed by atoms with van der Waals surface area (Å²) in [6.45, 7) is 3.67. The molecule has 2 spiro atoms. The van der Waals surface area contributed by atoms with Crippen molar-refractivity contribution in [1.29, 1.82) is 0 Å². The van der Waals surface area contributed by atoms with E-state index in [0.717, 1.165) is 32.1 Å². The molecule has 1 atom stereocenters. The first kappa shape index (κ1) is 11.1. The van der Waals surface area contributed by atoms with Crippen LogP contribution in [0.3, 0.4) is 0 Å². The van der Waals surface area contributed by atoms with Crippen molar-refractivity contribution in [2.75, 3.05) is 0 Å². The Morgan fingerprint density at radius 3 is 2.39 bits per heavy atom. The Hall–Kier alpha value is -0.710. The summed E-state index contributed by atoms with van der Waals surface area (Å²) < 4.78 is 0. The molecule has 3 aliphatic carbocycles. The van der Waals surface area contributed by atoms with Crippen LogP contribution in [0.15, 0.2) is 11.6 Å². The molecule has 4 rings (SSSR count). The van der Waals surface area contributed by atoms with Crippen molar-refractivity contribution in [3.05, 3.63) is 11.6 Å². The Morgan fingerprint density at radius 2 is 1.83 bits per heavy atom. The molecule has 0 aromatic heterocycles. The van der Waals surface area contributed by atoms with Gasteiger partial charge in [0.1, 0.15) is 5.60 Å². The molecule has 0 aromatic rings. The molecule has 4 nitrogen and oxygen atoms in total. The van der Waals surface area contributed by atoms with E-state index in [4.69, 9.17) is 9.78 Å². The van der Waals surface area contributed by atoms with Crippen molar-refractivity contribution in [2.45, 2.75) is 57.3 Å². The summed E-state index contributed by atoms with van der Waals surface area (Å²) in [5.74, 6) is -1.42. The molecule has 4 heteroatoms. The van der Waals surface area contributed by atoms with Gasteiger partial charge in [0.15, 0.2) is 5.78 Å². The van der Waals surface area contributed by atoms with Gasteiger partial charge in [0.2, 0.25) is 5.79 Å². The summed E-state index contributed by atoms with van der Waals surface area (Å²) in [5, 5.41) is 10.8. The average Bonchev–Trinajstić information content (AvgIpc) is 3.19. The van der Waals surface area contributed by atoms with Gasteiger partial charge in [-0.2, -0.15) is 4.89 Å². The molecular formula is C14H18O4. The van der Waals surface area contributed by atoms with Gasteiger partial charge in [-0.15, -0.1) is 0 Å². The molecule has 98 valence electrons. The van der Waals surface area contributed by atoms with E-state index < -0.39 is 11.4 Å². The second-order valence-electron chi connectivity index (χ2n) is 7.04. The molecule has 1 heterocycles. The standard InChI is InChI=1S/C14H18O4/c1-11(2)7-9-10(15)12(3-4-12)8-13(5-6-13)14(9,16)18-17-11/h7,16H,3-6,8H2,1-2H3. The van der Waals surface area contributed by atoms with Crippen molar-refractivity contribution in [2.24, 2.45) is 10.8 Å². The molecule has 1 N–H and O–H groups in total. The Kier molecular flexibility index (Phi) is 1.70. The van der Waals surface area contributed by atoms with Crippen molar-refractivity contribution in [3.8, 4) is 0 Å². The zero-order valence-corrected chi connectivity index (χ0v) is 10.8. The van der Waals surface area contributed by atoms with Crippen LogP contribution in [0.2, 0.25) is 0 Å². The zero-order valence-electron chi connectivity index (χ0n) is 10.8. The van der Waals surface area contributed by atoms with Gasteiger partial charge in [-0.1, -0.05) is 0 Å². The molecule has 0 radical (unpaired) electrons. The predicted molar refractivity (Wildman–Crippen MR) is 62.2 cm³/mol. The summed E-state index contributed by atoms with van der Waals surface area (Å²) in [4.78, 5) is 23.2. The molecular weight excluding hydrogens is 232 g/mol. The van der Waals surface area contributed by atoms with Crippen molar-refractivity contribution >= 4 is 5.78 Å². The van der Waals surface area contributed by atoms with Crippen LogP contribution >= 0.6 is 0 Å². The van der Waals surface area contributed by atoms with E-state index in [1.807, 2.05) is 13.8 Å². The quantitative estimate of drug-likeness (QED) is 0.667. The summed E-state index contributed by atoms with van der Waals surface area (Å²) >= 11 is 0. The Balaban J connectivity index is 1.87. The maximum Gasteiger partial charge on any atom is 0.234 e. The zero-order chi connectivity index (χ0) is 12.8. The SMILES string of the molecule is CC1(C)C=C2C(=O)C3(CC3)CC3(CC3)C2(O)OO1. The molecule has 4 aliphatic rings. The monoisotopic (exact) mass is 250 g/mol. The van der Waals surface area contributed by atoms with Gasteiger partial charge in [-0.05, 0) is 52.0 Å². The van der Waals surface area contributed by atoms with Crippen LogP contribution in [0.5, 0.6) is 0 Å². The minimum atomic E-state index is -1.51. The summed E-state index contributed by atoms with van der Waals surface area (Å²) in [7, 11) is 0. The second-order valence-corrected chi connectivity index (χ2v) is 7.04. The number of carbonyl (C=O) groups is 1. The van der Waals surface area contributed by atoms with Gasteiger partial charge in [-0.3, -0.25) is 4.79 Å². The van der Waals surface area contributed by atoms with E-state index in [1.165, 1.54) is 0 Å². The smallest absolute Gasteiger partial charge is 0.234 e. The van der Waals surface area contributed by atoms with Crippen LogP contribution < -0.4 is 0 Å². The van der Waals surface area contributed by atoms with Gasteiger partial charge < -0.3 is 5.11 Å². The highest BCUT2D eigenvalue weighted by molar-refractivity contribution is 6.04. The molecule has 3 fully saturated rings. The number of carbonyl (C=O) groups excluding carboxylic acids is 1. The lowest BCUT2D eigenvalue weighted by Gasteiger charge is -2.47. The molecule has 0 aromatic carbocycles. The maximum atomic E-state index is 12.6. The fraction of sp³-hybridized carbons (Fsp3) is 0.786. The van der Waals surface area contributed by atoms with Crippen molar-refractivity contribution < 1.29 is 19.7 Å². The maximum absolute atomic E-state index is 12.6. The molecule has 0 bridgehead atoms. The molecule has 1 aliphatic heterocycles. The Morgan fingerprint density at radius 1 is 1.17 bits per heavy atom. The van der Waals surface area contributed by atoms with Crippen LogP contribution in [0.25, 0.3) is 0 Å². The third-order valence-corrected chi connectivity index (χ3v) is 5.06. The number of ketones is 1. The van der Waals surface area contributed by atoms with E-state index in [0.29, 0.717) is 5.57 Å². The number of aliphatic hydroxyl groups is 1. The van der Waals surface area contributed by atoms with Crippen molar-refractivity contribution in [3.63, 3.8) is 0 Å². The topological polar surface area (TPSA) is 55.8 Å². The molecule has 0 amide bonds. The largest absolute Gasteiger partial charge is 0.359 e. The lowest BCUT2D eigenvalue weighted by atomic mass is 9.67. The Labute approximate surface area is 106 Å². The highest BCUT2D eigenvalue weighted by Crippen LogP contribution is 2.72. The van der Waals surface area contributed by atoms with E-state index in [2.05, 4.69) is 0 Å². The van der Waals surface area contributed by atoms with Gasteiger partial charge in [0.25, 0.3) is 0 Å². The third-order valence-electron chi connectivity index (χ3n) is 5.06. The molecule has 0 saturated heterocycles. The van der Waals surface area contributed by atoms with Crippen molar-refractivity contribution in [1.82, 2.24) is 0 Å². The first-order valence-corrected chi connectivity index (χ1v) is 6.70. The first-order valence-electron chi connectivity index (χ1n) is 6.70. The predicted octanol–water partition coefficient (Wildman–Crippen LogP) is 1.87. The highest BCUT2D eigenvalue weighted by atomic mass is 17.2. The molecule has 3 saturated carbocycles. The lowest BCUT2D eigenvalue weighted by molar-refractivity contribution is -0.461. The molecule has 18 heavy (non-hydrogen) atoms. The van der Waals surface area contributed by atoms with E-state index >= 15 is 0 Å². The summed E-state index contributed by atoms with van der Waals surface area (Å²) in [6, 6.07) is 0. The Bertz CT molecular complexity index is 482. The fourth-order valence-corrected chi connectivity index (χ4v) is 3.63. The number of hydrogen-bond acceptors (Lipinski definition) is 4. The van der Waals surface area contributed by atoms with Gasteiger partial charge >= 0.3 is 0 Å². The summed E-state index contributed by atoms with van der Waals surface area (Å²) in [6.07, 6.45) is 6.28. The van der Waals surface area contributed by atoms with Gasteiger partial charge in [0, 0.05) is 10.8 Å². The number of fused-ring (bicyclic) bond motifs is 2. The number of Topliss-reactive ketones (excluding diaryl/α,β-unsaturated/α-hetero) is 1.